The summed E-state index contributed by atoms with van der Waals surface area (Å²) in [5.74, 6) is -1.86. The molecule has 1 unspecified atom stereocenters. The van der Waals surface area contributed by atoms with Crippen LogP contribution in [0.15, 0.2) is 121 Å². The first-order valence-electron chi connectivity index (χ1n) is 22.2. The first kappa shape index (κ1) is 57.8. The molecule has 5 N–H and O–H groups in total. The number of nitrogens with zero attached hydrogens (tertiary/aromatic N) is 6. The van der Waals surface area contributed by atoms with Gasteiger partial charge in [-0.05, 0) is 123 Å². The summed E-state index contributed by atoms with van der Waals surface area (Å²) in [6.07, 6.45) is 0.910. The molecule has 0 saturated heterocycles. The third-order valence-electron chi connectivity index (χ3n) is 10.2. The molecule has 7 aromatic rings. The predicted octanol–water partition coefficient (Wildman–Crippen LogP) is 10.2. The average molecular weight is 990 g/mol. The van der Waals surface area contributed by atoms with Crippen LogP contribution < -0.4 is 16.8 Å². The lowest BCUT2D eigenvalue weighted by molar-refractivity contribution is -0.140. The quantitative estimate of drug-likeness (QED) is 0.0825. The summed E-state index contributed by atoms with van der Waals surface area (Å²) in [6, 6.07) is 33.1. The molecule has 18 heteroatoms. The van der Waals surface area contributed by atoms with Crippen molar-refractivity contribution in [2.24, 2.45) is 19.8 Å². The third kappa shape index (κ3) is 18.8. The number of rotatable bonds is 11. The Balaban J connectivity index is 0.000000263. The normalized spacial score (nSPS) is 10.9. The molecule has 2 aromatic heterocycles. The molecule has 0 aliphatic rings. The summed E-state index contributed by atoms with van der Waals surface area (Å²) in [6.45, 7) is 8.71. The van der Waals surface area contributed by atoms with Crippen molar-refractivity contribution in [1.29, 1.82) is 10.5 Å². The molecule has 2 heterocycles. The van der Waals surface area contributed by atoms with Crippen LogP contribution in [0.3, 0.4) is 0 Å². The molecule has 376 valence electrons. The Morgan fingerprint density at radius 3 is 1.47 bits per heavy atom. The second-order valence-corrected chi connectivity index (χ2v) is 15.9. The number of nitrogens with one attached hydrogen (secondary N) is 1. The first-order chi connectivity index (χ1) is 34.2. The number of aryl methyl sites for hydroxylation is 4. The number of hydrogen-bond donors (Lipinski definition) is 3. The summed E-state index contributed by atoms with van der Waals surface area (Å²) in [4.78, 5) is 33.3. The van der Waals surface area contributed by atoms with Crippen molar-refractivity contribution in [2.45, 2.75) is 65.8 Å². The number of ether oxygens (including phenoxy) is 1. The number of benzene rings is 5. The van der Waals surface area contributed by atoms with E-state index in [9.17, 15) is 36.3 Å². The van der Waals surface area contributed by atoms with Crippen LogP contribution in [-0.2, 0) is 46.1 Å². The number of halogens is 5. The van der Waals surface area contributed by atoms with E-state index in [-0.39, 0.29) is 53.2 Å². The van der Waals surface area contributed by atoms with Crippen molar-refractivity contribution in [3.63, 3.8) is 0 Å². The minimum absolute atomic E-state index is 0.102. The number of ketones is 1. The molecular weight excluding hydrogens is 934 g/mol. The van der Waals surface area contributed by atoms with Gasteiger partial charge < -0.3 is 21.5 Å². The van der Waals surface area contributed by atoms with Gasteiger partial charge in [0.1, 0.15) is 46.6 Å². The van der Waals surface area contributed by atoms with Gasteiger partial charge in [-0.25, -0.2) is 22.0 Å². The molecule has 13 nitrogen and oxygen atoms in total. The molecule has 0 fully saturated rings. The fourth-order valence-electron chi connectivity index (χ4n) is 6.78. The number of carbonyl (C=O) groups excluding carboxylic acids is 3. The van der Waals surface area contributed by atoms with Crippen LogP contribution in [0.1, 0.15) is 61.2 Å². The summed E-state index contributed by atoms with van der Waals surface area (Å²) >= 11 is 0. The van der Waals surface area contributed by atoms with E-state index in [1.807, 2.05) is 26.0 Å². The highest BCUT2D eigenvalue weighted by atomic mass is 19.1. The number of nitriles is 2. The number of nitrogens with two attached hydrogens (primary N) is 2. The maximum absolute atomic E-state index is 13.2. The maximum Gasteiger partial charge on any atom is 0.302 e. The van der Waals surface area contributed by atoms with E-state index in [1.54, 1.807) is 78.9 Å². The third-order valence-corrected chi connectivity index (χ3v) is 10.2. The minimum Gasteiger partial charge on any atom is -0.466 e. The number of aromatic nitrogens is 4. The maximum atomic E-state index is 13.2. The first-order valence-corrected chi connectivity index (χ1v) is 22.2. The number of amides is 1. The largest absolute Gasteiger partial charge is 0.466 e. The standard InChI is InChI=1S/C21H22F2N4O.C11H12FN3.C10H8FNO.C8H6FN.C4H8O2/c1-13-20(15-5-9-17(23)10-6-15)21(27(2)26-13)25-19(28)12-18(24)11-14-3-7-16(22)8-4-14;1-7-10(11(13)15(2)14-7)8-3-5-9(12)6-4-8;1-7(13)10(6-12)8-2-4-9(11)5-3-8;9-8-3-1-7(2-4-8)5-6-10;1-3-6-4(2)5/h3-10,18H,11-12,24H2,1-2H3,(H,25,28);3-6H,13H2,1-2H3;2-5,10H,1H3;1-4H,5H2;3H2,1-2H3/t18-;;;;/m1..../s1. The Morgan fingerprint density at radius 2 is 1.08 bits per heavy atom. The molecule has 72 heavy (non-hydrogen) atoms. The zero-order valence-electron chi connectivity index (χ0n) is 40.9. The van der Waals surface area contributed by atoms with Crippen molar-refractivity contribution in [3.05, 3.63) is 178 Å². The van der Waals surface area contributed by atoms with E-state index in [4.69, 9.17) is 22.0 Å². The highest BCUT2D eigenvalue weighted by molar-refractivity contribution is 5.95. The highest BCUT2D eigenvalue weighted by Crippen LogP contribution is 2.32. The van der Waals surface area contributed by atoms with Gasteiger partial charge in [0.15, 0.2) is 5.78 Å². The van der Waals surface area contributed by atoms with Crippen molar-refractivity contribution in [1.82, 2.24) is 19.6 Å². The average Bonchev–Trinajstić information content (AvgIpc) is 3.76. The molecule has 0 spiro atoms. The molecule has 0 aliphatic carbocycles. The molecule has 1 amide bonds. The molecule has 0 saturated carbocycles. The van der Waals surface area contributed by atoms with Crippen LogP contribution in [-0.4, -0.2) is 49.9 Å². The van der Waals surface area contributed by atoms with Crippen LogP contribution in [0.25, 0.3) is 22.3 Å². The Labute approximate surface area is 415 Å². The van der Waals surface area contributed by atoms with Crippen LogP contribution in [0.5, 0.6) is 0 Å². The Bertz CT molecular complexity index is 2930. The van der Waals surface area contributed by atoms with Gasteiger partial charge in [0.2, 0.25) is 5.91 Å². The van der Waals surface area contributed by atoms with Gasteiger partial charge in [0.25, 0.3) is 0 Å². The Morgan fingerprint density at radius 1 is 0.667 bits per heavy atom. The van der Waals surface area contributed by atoms with Gasteiger partial charge in [-0.15, -0.1) is 0 Å². The van der Waals surface area contributed by atoms with Gasteiger partial charge in [0.05, 0.1) is 36.6 Å². The summed E-state index contributed by atoms with van der Waals surface area (Å²) in [5.41, 5.74) is 19.1. The Kier molecular flexibility index (Phi) is 23.2. The van der Waals surface area contributed by atoms with E-state index in [0.717, 1.165) is 44.8 Å². The zero-order valence-corrected chi connectivity index (χ0v) is 40.9. The smallest absolute Gasteiger partial charge is 0.302 e. The number of esters is 1. The number of Topliss-reactive ketones (excluding diaryl/α,β-unsaturated/α-hetero) is 1. The topological polar surface area (TPSA) is 208 Å². The fourth-order valence-corrected chi connectivity index (χ4v) is 6.78. The van der Waals surface area contributed by atoms with E-state index < -0.39 is 12.0 Å². The number of nitrogen functional groups attached to an aromatic ring is 1. The van der Waals surface area contributed by atoms with Gasteiger partial charge in [-0.1, -0.05) is 60.7 Å². The monoisotopic (exact) mass is 989 g/mol. The lowest BCUT2D eigenvalue weighted by atomic mass is 9.97. The van der Waals surface area contributed by atoms with Crippen molar-refractivity contribution < 1.29 is 41.1 Å². The SMILES string of the molecule is CC(=O)C(C#N)c1ccc(F)cc1.CCOC(C)=O.Cc1nn(C)c(N)c1-c1ccc(F)cc1.Cc1nn(C)c(NC(=O)C[C@H](N)Cc2ccc(F)cc2)c1-c1ccc(F)cc1.N#CCc1ccc(F)cc1. The molecule has 0 aliphatic heterocycles. The van der Waals surface area contributed by atoms with Gasteiger partial charge in [-0.3, -0.25) is 23.7 Å². The summed E-state index contributed by atoms with van der Waals surface area (Å²) in [7, 11) is 3.52. The van der Waals surface area contributed by atoms with Crippen molar-refractivity contribution in [2.75, 3.05) is 17.7 Å². The van der Waals surface area contributed by atoms with Crippen molar-refractivity contribution >= 4 is 29.3 Å². The summed E-state index contributed by atoms with van der Waals surface area (Å²) in [5, 5.41) is 28.3. The van der Waals surface area contributed by atoms with E-state index in [2.05, 4.69) is 20.3 Å². The molecule has 7 rings (SSSR count). The highest BCUT2D eigenvalue weighted by Gasteiger charge is 2.20. The van der Waals surface area contributed by atoms with Crippen LogP contribution >= 0.6 is 0 Å². The zero-order chi connectivity index (χ0) is 53.5. The lowest BCUT2D eigenvalue weighted by Crippen LogP contribution is -2.29. The molecular formula is C54H56F5N9O4. The van der Waals surface area contributed by atoms with Gasteiger partial charge >= 0.3 is 5.97 Å². The van der Waals surface area contributed by atoms with Gasteiger partial charge in [-0.2, -0.15) is 20.7 Å². The van der Waals surface area contributed by atoms with E-state index in [1.165, 1.54) is 86.6 Å². The van der Waals surface area contributed by atoms with Gasteiger partial charge in [0, 0.05) is 44.6 Å². The summed E-state index contributed by atoms with van der Waals surface area (Å²) < 4.78 is 71.3. The van der Waals surface area contributed by atoms with E-state index >= 15 is 0 Å². The van der Waals surface area contributed by atoms with Crippen molar-refractivity contribution in [3.8, 4) is 34.4 Å². The number of hydrogen-bond acceptors (Lipinski definition) is 10. The second kappa shape index (κ2) is 28.9. The number of carbonyl (C=O) groups is 3. The lowest BCUT2D eigenvalue weighted by Gasteiger charge is -2.13. The second-order valence-electron chi connectivity index (χ2n) is 15.9. The number of anilines is 2. The van der Waals surface area contributed by atoms with Crippen LogP contribution in [0, 0.1) is 65.6 Å². The molecule has 2 atom stereocenters. The molecule has 5 aromatic carbocycles. The van der Waals surface area contributed by atoms with E-state index in [0.29, 0.717) is 36.6 Å². The van der Waals surface area contributed by atoms with Crippen LogP contribution in [0.2, 0.25) is 0 Å². The predicted molar refractivity (Wildman–Crippen MR) is 266 cm³/mol. The molecule has 0 radical (unpaired) electrons. The minimum atomic E-state index is -0.777. The Hall–Kier alpha value is -8.48. The molecule has 0 bridgehead atoms. The fraction of sp³-hybridized carbons (Fsp3) is 0.241. The van der Waals surface area contributed by atoms with Crippen LogP contribution in [0.4, 0.5) is 33.6 Å².